The van der Waals surface area contributed by atoms with Gasteiger partial charge in [0.15, 0.2) is 6.00 Å². The van der Waals surface area contributed by atoms with Crippen LogP contribution >= 0.6 is 0 Å². The minimum absolute atomic E-state index is 0.128. The molecule has 7 heteroatoms. The molecule has 2 saturated heterocycles. The number of nitrogens with zero attached hydrogens (tertiary/aromatic N) is 1. The van der Waals surface area contributed by atoms with E-state index in [1.807, 2.05) is 35.2 Å². The Morgan fingerprint density at radius 3 is 2.28 bits per heavy atom. The number of hydrogen-bond donors (Lipinski definition) is 0. The zero-order chi connectivity index (χ0) is 20.3. The maximum absolute atomic E-state index is 12.6. The van der Waals surface area contributed by atoms with Crippen LogP contribution in [-0.4, -0.2) is 49.1 Å². The molecule has 5 aliphatic rings. The number of rotatable bonds is 3. The molecule has 2 bridgehead atoms. The van der Waals surface area contributed by atoms with Gasteiger partial charge in [-0.1, -0.05) is 51.1 Å². The Labute approximate surface area is 172 Å². The van der Waals surface area contributed by atoms with Crippen LogP contribution in [0.2, 0.25) is 0 Å². The lowest BCUT2D eigenvalue weighted by atomic mass is 9.44. The summed E-state index contributed by atoms with van der Waals surface area (Å²) in [6.07, 6.45) is 2.08. The van der Waals surface area contributed by atoms with Gasteiger partial charge in [-0.2, -0.15) is 0 Å². The maximum Gasteiger partial charge on any atom is 0.632 e. The molecule has 0 radical (unpaired) electrons. The predicted molar refractivity (Wildman–Crippen MR) is 107 cm³/mol. The van der Waals surface area contributed by atoms with Crippen molar-refractivity contribution in [2.24, 2.45) is 23.2 Å². The van der Waals surface area contributed by atoms with Gasteiger partial charge in [-0.05, 0) is 41.6 Å². The van der Waals surface area contributed by atoms with Crippen molar-refractivity contribution in [3.8, 4) is 0 Å². The number of epoxide rings is 1. The summed E-state index contributed by atoms with van der Waals surface area (Å²) in [5, 5.41) is 0. The smallest absolute Gasteiger partial charge is 0.496 e. The highest BCUT2D eigenvalue weighted by molar-refractivity contribution is 6.51. The predicted octanol–water partition coefficient (Wildman–Crippen LogP) is 2.63. The van der Waals surface area contributed by atoms with E-state index in [2.05, 4.69) is 20.8 Å². The summed E-state index contributed by atoms with van der Waals surface area (Å²) < 4.78 is 16.7. The fraction of sp³-hybridized carbons (Fsp3) is 0.636. The van der Waals surface area contributed by atoms with Crippen LogP contribution in [0.3, 0.4) is 0 Å². The SMILES string of the molecule is C[C@H]1[C@H](N2CC(=O)OB([C@@H]3O[C@H]3c3ccccc3)OC(=O)C2)C[C@@H]2C[C@H]1C2(C)C. The Morgan fingerprint density at radius 2 is 1.69 bits per heavy atom. The van der Waals surface area contributed by atoms with Crippen molar-refractivity contribution >= 4 is 19.1 Å². The van der Waals surface area contributed by atoms with E-state index in [0.29, 0.717) is 23.2 Å². The molecular formula is C22H28BNO5. The first-order valence-corrected chi connectivity index (χ1v) is 10.7. The molecule has 3 aliphatic carbocycles. The van der Waals surface area contributed by atoms with Gasteiger partial charge in [-0.15, -0.1) is 0 Å². The number of carbonyl (C=O) groups excluding carboxylic acids is 2. The van der Waals surface area contributed by atoms with Crippen molar-refractivity contribution in [1.29, 1.82) is 0 Å². The highest BCUT2D eigenvalue weighted by atomic mass is 16.7. The third-order valence-corrected chi connectivity index (χ3v) is 7.86. The van der Waals surface area contributed by atoms with E-state index in [1.54, 1.807) is 0 Å². The second-order valence-electron chi connectivity index (χ2n) is 9.71. The van der Waals surface area contributed by atoms with Crippen molar-refractivity contribution in [3.05, 3.63) is 35.9 Å². The van der Waals surface area contributed by atoms with Crippen LogP contribution in [0.25, 0.3) is 0 Å². The minimum Gasteiger partial charge on any atom is -0.496 e. The first-order chi connectivity index (χ1) is 13.8. The number of ether oxygens (including phenoxy) is 1. The van der Waals surface area contributed by atoms with Crippen LogP contribution in [0.1, 0.15) is 45.3 Å². The molecule has 1 aromatic rings. The van der Waals surface area contributed by atoms with Crippen molar-refractivity contribution in [3.63, 3.8) is 0 Å². The number of hydrogen-bond acceptors (Lipinski definition) is 6. The fourth-order valence-electron chi connectivity index (χ4n) is 5.96. The van der Waals surface area contributed by atoms with Crippen molar-refractivity contribution < 1.29 is 23.6 Å². The van der Waals surface area contributed by atoms with Crippen LogP contribution in [0, 0.1) is 23.2 Å². The van der Waals surface area contributed by atoms with Gasteiger partial charge in [0.2, 0.25) is 0 Å². The van der Waals surface area contributed by atoms with E-state index in [9.17, 15) is 9.59 Å². The molecule has 0 amide bonds. The van der Waals surface area contributed by atoms with Crippen molar-refractivity contribution in [2.75, 3.05) is 13.1 Å². The third-order valence-electron chi connectivity index (χ3n) is 7.86. The van der Waals surface area contributed by atoms with E-state index in [1.165, 1.54) is 6.42 Å². The first kappa shape index (κ1) is 19.1. The number of carbonyl (C=O) groups is 2. The molecule has 2 heterocycles. The number of fused-ring (bicyclic) bond motifs is 2. The molecule has 3 saturated carbocycles. The molecule has 2 aliphatic heterocycles. The van der Waals surface area contributed by atoms with E-state index >= 15 is 0 Å². The first-order valence-electron chi connectivity index (χ1n) is 10.7. The molecule has 5 fully saturated rings. The Balaban J connectivity index is 1.25. The Kier molecular flexibility index (Phi) is 4.51. The lowest BCUT2D eigenvalue weighted by Gasteiger charge is -2.63. The quantitative estimate of drug-likeness (QED) is 0.577. The summed E-state index contributed by atoms with van der Waals surface area (Å²) in [5.74, 6) is 1.04. The molecule has 0 unspecified atom stereocenters. The van der Waals surface area contributed by atoms with Gasteiger partial charge in [0.1, 0.15) is 6.10 Å². The van der Waals surface area contributed by atoms with E-state index < -0.39 is 13.1 Å². The standard InChI is InChI=1S/C22H28BNO5/c1-13-16-9-15(22(16,2)3)10-17(13)24-11-18(25)28-23(29-19(26)12-24)21-20(27-21)14-7-5-4-6-8-14/h4-8,13,15-17,20-21H,9-12H2,1-3H3/t13-,15+,16-,17-,20+,21-/m1/s1. The van der Waals surface area contributed by atoms with E-state index in [4.69, 9.17) is 14.0 Å². The Bertz CT molecular complexity index is 795. The monoisotopic (exact) mass is 397 g/mol. The van der Waals surface area contributed by atoms with Crippen LogP contribution < -0.4 is 0 Å². The summed E-state index contributed by atoms with van der Waals surface area (Å²) in [6, 6.07) is 9.49. The summed E-state index contributed by atoms with van der Waals surface area (Å²) in [7, 11) is -0.974. The summed E-state index contributed by atoms with van der Waals surface area (Å²) in [4.78, 5) is 27.2. The molecule has 6 rings (SSSR count). The molecule has 29 heavy (non-hydrogen) atoms. The average molecular weight is 397 g/mol. The minimum atomic E-state index is -0.974. The molecule has 6 atom stereocenters. The molecular weight excluding hydrogens is 369 g/mol. The van der Waals surface area contributed by atoms with Gasteiger partial charge < -0.3 is 14.0 Å². The lowest BCUT2D eigenvalue weighted by molar-refractivity contribution is -0.160. The third kappa shape index (κ3) is 3.28. The van der Waals surface area contributed by atoms with Crippen molar-refractivity contribution in [2.45, 2.75) is 51.8 Å². The average Bonchev–Trinajstić information content (AvgIpc) is 3.47. The second-order valence-corrected chi connectivity index (χ2v) is 9.71. The fourth-order valence-corrected chi connectivity index (χ4v) is 5.96. The van der Waals surface area contributed by atoms with Gasteiger partial charge in [-0.25, -0.2) is 0 Å². The van der Waals surface area contributed by atoms with Crippen LogP contribution in [-0.2, 0) is 23.6 Å². The van der Waals surface area contributed by atoms with Crippen LogP contribution in [0.5, 0.6) is 0 Å². The van der Waals surface area contributed by atoms with E-state index in [-0.39, 0.29) is 37.2 Å². The molecule has 6 nitrogen and oxygen atoms in total. The second kappa shape index (κ2) is 6.84. The van der Waals surface area contributed by atoms with Gasteiger partial charge in [0, 0.05) is 6.04 Å². The zero-order valence-electron chi connectivity index (χ0n) is 17.2. The number of benzene rings is 1. The maximum atomic E-state index is 12.6. The summed E-state index contributed by atoms with van der Waals surface area (Å²) in [6.45, 7) is 7.20. The molecule has 1 aromatic carbocycles. The highest BCUT2D eigenvalue weighted by Crippen LogP contribution is 2.62. The van der Waals surface area contributed by atoms with Crippen LogP contribution in [0.4, 0.5) is 0 Å². The zero-order valence-corrected chi connectivity index (χ0v) is 17.2. The van der Waals surface area contributed by atoms with Gasteiger partial charge >= 0.3 is 19.1 Å². The molecule has 154 valence electrons. The normalized spacial score (nSPS) is 38.9. The highest BCUT2D eigenvalue weighted by Gasteiger charge is 2.59. The van der Waals surface area contributed by atoms with Crippen LogP contribution in [0.15, 0.2) is 30.3 Å². The Hall–Kier alpha value is -1.86. The van der Waals surface area contributed by atoms with E-state index in [0.717, 1.165) is 12.0 Å². The topological polar surface area (TPSA) is 68.4 Å². The molecule has 0 spiro atoms. The lowest BCUT2D eigenvalue weighted by Crippen LogP contribution is -2.62. The van der Waals surface area contributed by atoms with Gasteiger partial charge in [-0.3, -0.25) is 14.5 Å². The molecule has 0 N–H and O–H groups in total. The largest absolute Gasteiger partial charge is 0.632 e. The summed E-state index contributed by atoms with van der Waals surface area (Å²) in [5.41, 5.74) is 1.35. The van der Waals surface area contributed by atoms with Crippen molar-refractivity contribution in [1.82, 2.24) is 4.90 Å². The summed E-state index contributed by atoms with van der Waals surface area (Å²) >= 11 is 0. The van der Waals surface area contributed by atoms with Gasteiger partial charge in [0.05, 0.1) is 13.1 Å². The Morgan fingerprint density at radius 1 is 1.03 bits per heavy atom. The van der Waals surface area contributed by atoms with Gasteiger partial charge in [0.25, 0.3) is 0 Å². The molecule has 0 aromatic heterocycles.